The summed E-state index contributed by atoms with van der Waals surface area (Å²) in [7, 11) is 0. The maximum absolute atomic E-state index is 12.2. The summed E-state index contributed by atoms with van der Waals surface area (Å²) in [5, 5.41) is 10.1. The van der Waals surface area contributed by atoms with Gasteiger partial charge in [-0.05, 0) is 48.0 Å². The van der Waals surface area contributed by atoms with Crippen LogP contribution < -0.4 is 10.6 Å². The van der Waals surface area contributed by atoms with E-state index in [0.29, 0.717) is 13.1 Å². The second-order valence-electron chi connectivity index (χ2n) is 7.43. The number of hydrogen-bond acceptors (Lipinski definition) is 4. The van der Waals surface area contributed by atoms with E-state index < -0.39 is 0 Å². The monoisotopic (exact) mass is 501 g/mol. The molecule has 3 aromatic heterocycles. The topological polar surface area (TPSA) is 89.7 Å². The number of rotatable bonds is 6. The third kappa shape index (κ3) is 4.78. The number of carbonyl (C=O) groups is 1. The molecule has 0 unspecified atom stereocenters. The van der Waals surface area contributed by atoms with Crippen LogP contribution in [0.25, 0.3) is 22.5 Å². The Bertz CT molecular complexity index is 1390. The van der Waals surface area contributed by atoms with Gasteiger partial charge >= 0.3 is 6.03 Å². The van der Waals surface area contributed by atoms with E-state index in [4.69, 9.17) is 0 Å². The Hall–Kier alpha value is -3.98. The first kappa shape index (κ1) is 20.9. The van der Waals surface area contributed by atoms with Crippen molar-refractivity contribution in [3.63, 3.8) is 0 Å². The second kappa shape index (κ2) is 9.25. The van der Waals surface area contributed by atoms with Crippen molar-refractivity contribution in [2.75, 3.05) is 0 Å². The summed E-state index contributed by atoms with van der Waals surface area (Å²) < 4.78 is 4.73. The second-order valence-corrected chi connectivity index (χ2v) is 8.35. The number of amides is 2. The van der Waals surface area contributed by atoms with Crippen LogP contribution in [0.2, 0.25) is 0 Å². The number of benzene rings is 2. The van der Waals surface area contributed by atoms with Gasteiger partial charge in [0.2, 0.25) is 0 Å². The van der Waals surface area contributed by atoms with Gasteiger partial charge in [-0.25, -0.2) is 19.4 Å². The molecule has 2 amide bonds. The molecule has 5 rings (SSSR count). The molecule has 0 saturated heterocycles. The molecule has 0 bridgehead atoms. The lowest BCUT2D eigenvalue weighted by molar-refractivity contribution is 0.240. The molecule has 0 radical (unpaired) electrons. The molecule has 0 aliphatic heterocycles. The molecular formula is C24H20BrN7O. The van der Waals surface area contributed by atoms with Gasteiger partial charge in [-0.1, -0.05) is 34.1 Å². The summed E-state index contributed by atoms with van der Waals surface area (Å²) in [6.45, 7) is 0.759. The fourth-order valence-electron chi connectivity index (χ4n) is 3.42. The van der Waals surface area contributed by atoms with Gasteiger partial charge in [-0.15, -0.1) is 0 Å². The van der Waals surface area contributed by atoms with Crippen molar-refractivity contribution >= 4 is 33.0 Å². The van der Waals surface area contributed by atoms with Crippen LogP contribution in [-0.4, -0.2) is 30.3 Å². The third-order valence-electron chi connectivity index (χ3n) is 5.14. The normalized spacial score (nSPS) is 10.9. The average molecular weight is 502 g/mol. The molecule has 0 saturated carbocycles. The maximum atomic E-state index is 12.2. The van der Waals surface area contributed by atoms with Crippen molar-refractivity contribution in [3.8, 4) is 11.5 Å². The average Bonchev–Trinajstić information content (AvgIpc) is 3.50. The molecule has 33 heavy (non-hydrogen) atoms. The molecule has 5 aromatic rings. The van der Waals surface area contributed by atoms with E-state index in [9.17, 15) is 4.79 Å². The molecule has 2 aromatic carbocycles. The van der Waals surface area contributed by atoms with Crippen molar-refractivity contribution in [2.45, 2.75) is 13.1 Å². The first-order chi connectivity index (χ1) is 16.2. The van der Waals surface area contributed by atoms with Crippen LogP contribution in [0.4, 0.5) is 4.79 Å². The van der Waals surface area contributed by atoms with Gasteiger partial charge < -0.3 is 10.6 Å². The van der Waals surface area contributed by atoms with E-state index in [0.717, 1.165) is 38.1 Å². The molecule has 0 spiro atoms. The number of fused-ring (bicyclic) bond motifs is 1. The SMILES string of the molecule is O=C(NCc1ccc(-n2cnc3ccccc32)nc1)NCc1cnn(-c2ccc(Br)cc2)c1. The van der Waals surface area contributed by atoms with Gasteiger partial charge in [0.25, 0.3) is 0 Å². The molecule has 0 aliphatic rings. The van der Waals surface area contributed by atoms with E-state index >= 15 is 0 Å². The zero-order chi connectivity index (χ0) is 22.6. The fourth-order valence-corrected chi connectivity index (χ4v) is 3.68. The molecule has 0 fully saturated rings. The molecule has 3 heterocycles. The van der Waals surface area contributed by atoms with Crippen molar-refractivity contribution in [1.29, 1.82) is 0 Å². The van der Waals surface area contributed by atoms with Crippen molar-refractivity contribution < 1.29 is 4.79 Å². The van der Waals surface area contributed by atoms with Gasteiger partial charge in [0, 0.05) is 35.5 Å². The van der Waals surface area contributed by atoms with Gasteiger partial charge in [0.05, 0.1) is 22.9 Å². The number of nitrogens with one attached hydrogen (secondary N) is 2. The lowest BCUT2D eigenvalue weighted by atomic mass is 10.2. The molecule has 0 aliphatic carbocycles. The number of halogens is 1. The van der Waals surface area contributed by atoms with Crippen LogP contribution in [0.3, 0.4) is 0 Å². The van der Waals surface area contributed by atoms with E-state index in [1.807, 2.05) is 71.4 Å². The Labute approximate surface area is 198 Å². The summed E-state index contributed by atoms with van der Waals surface area (Å²) >= 11 is 3.42. The first-order valence-corrected chi connectivity index (χ1v) is 11.1. The molecule has 8 nitrogen and oxygen atoms in total. The smallest absolute Gasteiger partial charge is 0.315 e. The minimum Gasteiger partial charge on any atom is -0.334 e. The van der Waals surface area contributed by atoms with E-state index in [1.54, 1.807) is 23.4 Å². The number of hydrogen-bond donors (Lipinski definition) is 2. The predicted molar refractivity (Wildman–Crippen MR) is 129 cm³/mol. The number of pyridine rings is 1. The Morgan fingerprint density at radius 3 is 2.45 bits per heavy atom. The highest BCUT2D eigenvalue weighted by atomic mass is 79.9. The zero-order valence-corrected chi connectivity index (χ0v) is 19.1. The third-order valence-corrected chi connectivity index (χ3v) is 5.67. The zero-order valence-electron chi connectivity index (χ0n) is 17.5. The lowest BCUT2D eigenvalue weighted by Gasteiger charge is -2.08. The van der Waals surface area contributed by atoms with Crippen LogP contribution in [-0.2, 0) is 13.1 Å². The standard InChI is InChI=1S/C24H20BrN7O/c25-19-6-8-20(9-7-19)32-15-18(14-30-32)13-28-24(33)27-12-17-5-10-23(26-11-17)31-16-29-21-3-1-2-4-22(21)31/h1-11,14-16H,12-13H2,(H2,27,28,33). The highest BCUT2D eigenvalue weighted by Crippen LogP contribution is 2.17. The van der Waals surface area contributed by atoms with Gasteiger partial charge in [0.1, 0.15) is 12.1 Å². The first-order valence-electron chi connectivity index (χ1n) is 10.3. The highest BCUT2D eigenvalue weighted by molar-refractivity contribution is 9.10. The highest BCUT2D eigenvalue weighted by Gasteiger charge is 2.07. The van der Waals surface area contributed by atoms with Gasteiger partial charge in [0.15, 0.2) is 0 Å². The molecular weight excluding hydrogens is 482 g/mol. The van der Waals surface area contributed by atoms with Crippen LogP contribution in [0.1, 0.15) is 11.1 Å². The Morgan fingerprint density at radius 2 is 1.67 bits per heavy atom. The largest absolute Gasteiger partial charge is 0.334 e. The molecule has 9 heteroatoms. The van der Waals surface area contributed by atoms with Crippen molar-refractivity contribution in [2.24, 2.45) is 0 Å². The number of urea groups is 1. The van der Waals surface area contributed by atoms with Crippen molar-refractivity contribution in [1.82, 2.24) is 34.9 Å². The number of imidazole rings is 1. The summed E-state index contributed by atoms with van der Waals surface area (Å²) in [4.78, 5) is 21.1. The van der Waals surface area contributed by atoms with Crippen LogP contribution in [0.15, 0.2) is 90.1 Å². The van der Waals surface area contributed by atoms with Crippen LogP contribution >= 0.6 is 15.9 Å². The quantitative estimate of drug-likeness (QED) is 0.361. The summed E-state index contributed by atoms with van der Waals surface area (Å²) in [5.74, 6) is 0.777. The minimum absolute atomic E-state index is 0.254. The summed E-state index contributed by atoms with van der Waals surface area (Å²) in [6.07, 6.45) is 7.15. The lowest BCUT2D eigenvalue weighted by Crippen LogP contribution is -2.34. The van der Waals surface area contributed by atoms with Crippen molar-refractivity contribution in [3.05, 3.63) is 101 Å². The molecule has 0 atom stereocenters. The number of aromatic nitrogens is 5. The van der Waals surface area contributed by atoms with Gasteiger partial charge in [-0.2, -0.15) is 5.10 Å². The fraction of sp³-hybridized carbons (Fsp3) is 0.0833. The minimum atomic E-state index is -0.254. The summed E-state index contributed by atoms with van der Waals surface area (Å²) in [6, 6.07) is 19.4. The summed E-state index contributed by atoms with van der Waals surface area (Å²) in [5.41, 5.74) is 4.68. The number of carbonyl (C=O) groups excluding carboxylic acids is 1. The Balaban J connectivity index is 1.14. The van der Waals surface area contributed by atoms with Crippen LogP contribution in [0.5, 0.6) is 0 Å². The Morgan fingerprint density at radius 1 is 0.879 bits per heavy atom. The van der Waals surface area contributed by atoms with E-state index in [1.165, 1.54) is 0 Å². The Kier molecular flexibility index (Phi) is 5.86. The van der Waals surface area contributed by atoms with E-state index in [-0.39, 0.29) is 6.03 Å². The predicted octanol–water partition coefficient (Wildman–Crippen LogP) is 4.37. The maximum Gasteiger partial charge on any atom is 0.315 e. The molecule has 2 N–H and O–H groups in total. The number of para-hydroxylation sites is 2. The molecule has 164 valence electrons. The van der Waals surface area contributed by atoms with Crippen LogP contribution in [0, 0.1) is 0 Å². The van der Waals surface area contributed by atoms with Gasteiger partial charge in [-0.3, -0.25) is 4.57 Å². The number of nitrogens with zero attached hydrogens (tertiary/aromatic N) is 5. The van der Waals surface area contributed by atoms with E-state index in [2.05, 4.69) is 41.6 Å².